The summed E-state index contributed by atoms with van der Waals surface area (Å²) in [5, 5.41) is 0. The van der Waals surface area contributed by atoms with Crippen LogP contribution in [0.25, 0.3) is 11.0 Å². The molecule has 2 aromatic rings. The first kappa shape index (κ1) is 11.5. The molecule has 1 aromatic heterocycles. The van der Waals surface area contributed by atoms with Gasteiger partial charge in [0.05, 0.1) is 11.0 Å². The molecule has 3 nitrogen and oxygen atoms in total. The van der Waals surface area contributed by atoms with Gasteiger partial charge in [-0.05, 0) is 31.5 Å². The lowest BCUT2D eigenvalue weighted by molar-refractivity contribution is 0.0983. The van der Waals surface area contributed by atoms with E-state index in [9.17, 15) is 4.79 Å². The van der Waals surface area contributed by atoms with Crippen LogP contribution in [-0.4, -0.2) is 15.8 Å². The van der Waals surface area contributed by atoms with Crippen molar-refractivity contribution in [3.63, 3.8) is 0 Å². The van der Waals surface area contributed by atoms with E-state index in [1.165, 1.54) is 0 Å². The van der Waals surface area contributed by atoms with Gasteiger partial charge >= 0.3 is 0 Å². The first-order chi connectivity index (χ1) is 8.16. The van der Waals surface area contributed by atoms with Crippen molar-refractivity contribution < 1.29 is 4.79 Å². The summed E-state index contributed by atoms with van der Waals surface area (Å²) in [7, 11) is 0. The van der Waals surface area contributed by atoms with Crippen molar-refractivity contribution >= 4 is 16.8 Å². The van der Waals surface area contributed by atoms with Crippen LogP contribution < -0.4 is 0 Å². The van der Waals surface area contributed by atoms with Crippen LogP contribution in [0.4, 0.5) is 0 Å². The van der Waals surface area contributed by atoms with Crippen molar-refractivity contribution in [2.24, 2.45) is 0 Å². The van der Waals surface area contributed by atoms with E-state index >= 15 is 0 Å². The summed E-state index contributed by atoms with van der Waals surface area (Å²) in [5.74, 6) is 0.126. The fourth-order valence-electron chi connectivity index (χ4n) is 1.61. The molecule has 0 saturated heterocycles. The second kappa shape index (κ2) is 4.87. The average molecular weight is 226 g/mol. The molecular formula is C14H14N2O. The van der Waals surface area contributed by atoms with E-state index in [4.69, 9.17) is 0 Å². The number of hydrogen-bond donors (Lipinski definition) is 0. The summed E-state index contributed by atoms with van der Waals surface area (Å²) in [4.78, 5) is 20.3. The van der Waals surface area contributed by atoms with E-state index in [0.29, 0.717) is 12.0 Å². The van der Waals surface area contributed by atoms with Gasteiger partial charge in [-0.1, -0.05) is 5.57 Å². The topological polar surface area (TPSA) is 42.9 Å². The predicted octanol–water partition coefficient (Wildman–Crippen LogP) is 3.17. The number of carbonyl (C=O) groups excluding carboxylic acids is 1. The number of carbonyl (C=O) groups is 1. The molecule has 3 heteroatoms. The summed E-state index contributed by atoms with van der Waals surface area (Å²) >= 11 is 0. The number of allylic oxidation sites excluding steroid dienone is 1. The molecule has 2 rings (SSSR count). The Kier molecular flexibility index (Phi) is 3.28. The van der Waals surface area contributed by atoms with Crippen LogP contribution in [0, 0.1) is 0 Å². The first-order valence-electron chi connectivity index (χ1n) is 5.55. The Hall–Kier alpha value is -2.03. The second-order valence-corrected chi connectivity index (χ2v) is 4.14. The van der Waals surface area contributed by atoms with Crippen molar-refractivity contribution in [3.8, 4) is 0 Å². The molecule has 0 amide bonds. The molecule has 0 N–H and O–H groups in total. The molecule has 0 fully saturated rings. The van der Waals surface area contributed by atoms with E-state index in [1.54, 1.807) is 24.5 Å². The van der Waals surface area contributed by atoms with E-state index in [2.05, 4.69) is 16.5 Å². The maximum atomic E-state index is 11.9. The number of ketones is 1. The summed E-state index contributed by atoms with van der Waals surface area (Å²) in [6, 6.07) is 5.43. The fourth-order valence-corrected chi connectivity index (χ4v) is 1.61. The number of aromatic nitrogens is 2. The van der Waals surface area contributed by atoms with Gasteiger partial charge in [0.25, 0.3) is 0 Å². The van der Waals surface area contributed by atoms with Gasteiger partial charge in [-0.15, -0.1) is 6.58 Å². The van der Waals surface area contributed by atoms with Crippen LogP contribution in [0.15, 0.2) is 42.7 Å². The third-order valence-electron chi connectivity index (χ3n) is 2.57. The number of nitrogens with zero attached hydrogens (tertiary/aromatic N) is 2. The molecule has 86 valence electrons. The van der Waals surface area contributed by atoms with Gasteiger partial charge in [0.15, 0.2) is 5.78 Å². The van der Waals surface area contributed by atoms with E-state index < -0.39 is 0 Å². The zero-order valence-corrected chi connectivity index (χ0v) is 9.81. The highest BCUT2D eigenvalue weighted by Crippen LogP contribution is 2.14. The minimum absolute atomic E-state index is 0.126. The Morgan fingerprint density at radius 3 is 2.59 bits per heavy atom. The third kappa shape index (κ3) is 2.75. The summed E-state index contributed by atoms with van der Waals surface area (Å²) in [6.45, 7) is 5.73. The Balaban J connectivity index is 2.24. The van der Waals surface area contributed by atoms with Crippen molar-refractivity contribution in [2.45, 2.75) is 19.8 Å². The van der Waals surface area contributed by atoms with Crippen LogP contribution >= 0.6 is 0 Å². The summed E-state index contributed by atoms with van der Waals surface area (Å²) in [5.41, 5.74) is 3.29. The average Bonchev–Trinajstić information content (AvgIpc) is 2.35. The van der Waals surface area contributed by atoms with Gasteiger partial charge in [0, 0.05) is 24.4 Å². The Morgan fingerprint density at radius 1 is 1.18 bits per heavy atom. The van der Waals surface area contributed by atoms with E-state index in [0.717, 1.165) is 23.0 Å². The Labute approximate surface area is 100 Å². The van der Waals surface area contributed by atoms with Gasteiger partial charge in [-0.2, -0.15) is 0 Å². The van der Waals surface area contributed by atoms with Crippen LogP contribution in [-0.2, 0) is 0 Å². The molecule has 0 aliphatic heterocycles. The van der Waals surface area contributed by atoms with Gasteiger partial charge in [-0.25, -0.2) is 0 Å². The van der Waals surface area contributed by atoms with Crippen molar-refractivity contribution in [3.05, 3.63) is 48.3 Å². The van der Waals surface area contributed by atoms with E-state index in [-0.39, 0.29) is 5.78 Å². The maximum Gasteiger partial charge on any atom is 0.163 e. The highest BCUT2D eigenvalue weighted by Gasteiger charge is 2.07. The monoisotopic (exact) mass is 226 g/mol. The fraction of sp³-hybridized carbons (Fsp3) is 0.214. The normalized spacial score (nSPS) is 10.4. The molecule has 0 aliphatic rings. The minimum atomic E-state index is 0.126. The van der Waals surface area contributed by atoms with Crippen LogP contribution in [0.5, 0.6) is 0 Å². The lowest BCUT2D eigenvalue weighted by Gasteiger charge is -2.02. The number of hydrogen-bond acceptors (Lipinski definition) is 3. The zero-order valence-electron chi connectivity index (χ0n) is 9.81. The number of fused-ring (bicyclic) bond motifs is 1. The first-order valence-corrected chi connectivity index (χ1v) is 5.55. The Bertz CT molecular complexity index is 575. The van der Waals surface area contributed by atoms with Gasteiger partial charge in [0.2, 0.25) is 0 Å². The molecular weight excluding hydrogens is 212 g/mol. The van der Waals surface area contributed by atoms with Crippen LogP contribution in [0.1, 0.15) is 30.1 Å². The molecule has 17 heavy (non-hydrogen) atoms. The third-order valence-corrected chi connectivity index (χ3v) is 2.57. The molecule has 0 saturated carbocycles. The highest BCUT2D eigenvalue weighted by atomic mass is 16.1. The molecule has 0 aliphatic carbocycles. The summed E-state index contributed by atoms with van der Waals surface area (Å²) < 4.78 is 0. The summed E-state index contributed by atoms with van der Waals surface area (Å²) in [6.07, 6.45) is 4.51. The van der Waals surface area contributed by atoms with Gasteiger partial charge in [0.1, 0.15) is 0 Å². The predicted molar refractivity (Wildman–Crippen MR) is 67.9 cm³/mol. The molecule has 1 heterocycles. The Morgan fingerprint density at radius 2 is 1.88 bits per heavy atom. The van der Waals surface area contributed by atoms with Crippen molar-refractivity contribution in [2.75, 3.05) is 0 Å². The molecule has 1 aromatic carbocycles. The quantitative estimate of drug-likeness (QED) is 0.594. The van der Waals surface area contributed by atoms with Gasteiger partial charge < -0.3 is 0 Å². The number of Topliss-reactive ketones (excluding diaryl/α,β-unsaturated/α-hetero) is 1. The lowest BCUT2D eigenvalue weighted by atomic mass is 10.0. The van der Waals surface area contributed by atoms with Crippen LogP contribution in [0.2, 0.25) is 0 Å². The smallest absolute Gasteiger partial charge is 0.163 e. The SMILES string of the molecule is C=C(C)CCC(=O)c1ccc2nccnc2c1. The van der Waals surface area contributed by atoms with Crippen LogP contribution in [0.3, 0.4) is 0 Å². The number of rotatable bonds is 4. The molecule has 0 bridgehead atoms. The maximum absolute atomic E-state index is 11.9. The zero-order chi connectivity index (χ0) is 12.3. The second-order valence-electron chi connectivity index (χ2n) is 4.14. The van der Waals surface area contributed by atoms with Crippen molar-refractivity contribution in [1.82, 2.24) is 9.97 Å². The number of benzene rings is 1. The molecule has 0 radical (unpaired) electrons. The molecule has 0 spiro atoms. The standard InChI is InChI=1S/C14H14N2O/c1-10(2)3-6-14(17)11-4-5-12-13(9-11)16-8-7-15-12/h4-5,7-9H,1,3,6H2,2H3. The largest absolute Gasteiger partial charge is 0.294 e. The van der Waals surface area contributed by atoms with E-state index in [1.807, 2.05) is 13.0 Å². The lowest BCUT2D eigenvalue weighted by Crippen LogP contribution is -1.99. The van der Waals surface area contributed by atoms with Gasteiger partial charge in [-0.3, -0.25) is 14.8 Å². The van der Waals surface area contributed by atoms with Crippen molar-refractivity contribution in [1.29, 1.82) is 0 Å². The minimum Gasteiger partial charge on any atom is -0.294 e. The molecule has 0 atom stereocenters. The molecule has 0 unspecified atom stereocenters. The highest BCUT2D eigenvalue weighted by molar-refractivity contribution is 5.98.